The molecule has 2 aromatic rings. The monoisotopic (exact) mass is 265 g/mol. The summed E-state index contributed by atoms with van der Waals surface area (Å²) in [5, 5.41) is 5.70. The van der Waals surface area contributed by atoms with Gasteiger partial charge in [-0.2, -0.15) is 0 Å². The van der Waals surface area contributed by atoms with Crippen LogP contribution in [0.25, 0.3) is 10.9 Å². The maximum absolute atomic E-state index is 11.6. The summed E-state index contributed by atoms with van der Waals surface area (Å²) in [7, 11) is -3.79. The minimum Gasteiger partial charge on any atom is -0.244 e. The van der Waals surface area contributed by atoms with Gasteiger partial charge in [0, 0.05) is 11.6 Å². The highest BCUT2D eigenvalue weighted by Crippen LogP contribution is 2.29. The summed E-state index contributed by atoms with van der Waals surface area (Å²) in [4.78, 5) is 8.02. The Labute approximate surface area is 106 Å². The van der Waals surface area contributed by atoms with Crippen LogP contribution in [0.3, 0.4) is 0 Å². The van der Waals surface area contributed by atoms with E-state index in [0.29, 0.717) is 10.9 Å². The van der Waals surface area contributed by atoms with Crippen molar-refractivity contribution >= 4 is 20.9 Å². The molecule has 0 radical (unpaired) electrons. The molecule has 0 atom stereocenters. The number of nitrogens with zero attached hydrogens (tertiary/aromatic N) is 2. The predicted molar refractivity (Wildman–Crippen MR) is 69.6 cm³/mol. The molecule has 0 aliphatic rings. The number of sulfonamides is 1. The molecule has 0 bridgehead atoms. The van der Waals surface area contributed by atoms with Crippen LogP contribution < -0.4 is 5.14 Å². The summed E-state index contributed by atoms with van der Waals surface area (Å²) in [5.74, 6) is 0. The van der Waals surface area contributed by atoms with Crippen molar-refractivity contribution in [3.05, 3.63) is 30.2 Å². The third kappa shape index (κ3) is 2.34. The van der Waals surface area contributed by atoms with E-state index >= 15 is 0 Å². The average Bonchev–Trinajstić information content (AvgIpc) is 2.25. The van der Waals surface area contributed by atoms with Crippen LogP contribution >= 0.6 is 0 Å². The number of primary sulfonamides is 1. The number of benzene rings is 1. The Morgan fingerprint density at radius 3 is 2.44 bits per heavy atom. The molecule has 96 valence electrons. The highest BCUT2D eigenvalue weighted by Gasteiger charge is 2.20. The first kappa shape index (κ1) is 12.9. The number of hydrogen-bond donors (Lipinski definition) is 1. The molecule has 1 heterocycles. The highest BCUT2D eigenvalue weighted by atomic mass is 32.2. The zero-order valence-electron chi connectivity index (χ0n) is 10.5. The van der Waals surface area contributed by atoms with Crippen molar-refractivity contribution in [2.45, 2.75) is 31.1 Å². The van der Waals surface area contributed by atoms with Gasteiger partial charge in [0.1, 0.15) is 6.33 Å². The summed E-state index contributed by atoms with van der Waals surface area (Å²) >= 11 is 0. The van der Waals surface area contributed by atoms with Crippen molar-refractivity contribution in [1.29, 1.82) is 0 Å². The normalized spacial score (nSPS) is 12.9. The largest absolute Gasteiger partial charge is 0.244 e. The molecule has 0 aliphatic heterocycles. The molecule has 2 rings (SSSR count). The van der Waals surface area contributed by atoms with Gasteiger partial charge in [-0.25, -0.2) is 23.5 Å². The Morgan fingerprint density at radius 1 is 1.22 bits per heavy atom. The first-order valence-corrected chi connectivity index (χ1v) is 7.01. The Balaban J connectivity index is 2.90. The second-order valence-electron chi connectivity index (χ2n) is 5.22. The Bertz CT molecular complexity index is 703. The minimum atomic E-state index is -3.79. The molecule has 0 amide bonds. The number of hydrogen-bond acceptors (Lipinski definition) is 4. The van der Waals surface area contributed by atoms with Crippen LogP contribution in [0.5, 0.6) is 0 Å². The Morgan fingerprint density at radius 2 is 1.89 bits per heavy atom. The lowest BCUT2D eigenvalue weighted by Crippen LogP contribution is -2.17. The van der Waals surface area contributed by atoms with Gasteiger partial charge in [0.05, 0.1) is 10.4 Å². The number of nitrogens with two attached hydrogens (primary N) is 1. The van der Waals surface area contributed by atoms with Crippen LogP contribution in [0.15, 0.2) is 29.6 Å². The molecule has 18 heavy (non-hydrogen) atoms. The molecule has 0 fully saturated rings. The molecule has 1 aromatic heterocycles. The zero-order chi connectivity index (χ0) is 13.6. The van der Waals surface area contributed by atoms with Gasteiger partial charge in [-0.1, -0.05) is 20.8 Å². The lowest BCUT2D eigenvalue weighted by Gasteiger charge is -2.20. The molecule has 5 nitrogen and oxygen atoms in total. The molecule has 0 saturated carbocycles. The van der Waals surface area contributed by atoms with Crippen LogP contribution in [-0.4, -0.2) is 18.4 Å². The molecule has 0 saturated heterocycles. The van der Waals surface area contributed by atoms with E-state index in [1.807, 2.05) is 26.8 Å². The van der Waals surface area contributed by atoms with Crippen molar-refractivity contribution in [3.63, 3.8) is 0 Å². The second kappa shape index (κ2) is 4.00. The summed E-state index contributed by atoms with van der Waals surface area (Å²) in [5.41, 5.74) is 1.28. The topological polar surface area (TPSA) is 85.9 Å². The number of rotatable bonds is 1. The first-order chi connectivity index (χ1) is 8.19. The third-order valence-electron chi connectivity index (χ3n) is 2.76. The summed E-state index contributed by atoms with van der Waals surface area (Å²) in [6.07, 6.45) is 2.86. The quantitative estimate of drug-likeness (QED) is 0.848. The second-order valence-corrected chi connectivity index (χ2v) is 6.75. The van der Waals surface area contributed by atoms with E-state index in [-0.39, 0.29) is 10.3 Å². The first-order valence-electron chi connectivity index (χ1n) is 5.46. The van der Waals surface area contributed by atoms with E-state index in [2.05, 4.69) is 9.97 Å². The molecular formula is C12H15N3O2S. The van der Waals surface area contributed by atoms with Gasteiger partial charge in [0.2, 0.25) is 10.0 Å². The van der Waals surface area contributed by atoms with E-state index in [4.69, 9.17) is 5.14 Å². The molecule has 2 N–H and O–H groups in total. The number of aromatic nitrogens is 2. The standard InChI is InChI=1S/C12H15N3O2S/c1-12(2,3)8-4-10-9(6-14-7-15-10)11(5-8)18(13,16)17/h4-7H,1-3H3,(H2,13,16,17). The van der Waals surface area contributed by atoms with Crippen molar-refractivity contribution in [1.82, 2.24) is 9.97 Å². The summed E-state index contributed by atoms with van der Waals surface area (Å²) in [6, 6.07) is 3.46. The van der Waals surface area contributed by atoms with Gasteiger partial charge < -0.3 is 0 Å². The van der Waals surface area contributed by atoms with Crippen LogP contribution in [0.4, 0.5) is 0 Å². The van der Waals surface area contributed by atoms with Gasteiger partial charge >= 0.3 is 0 Å². The summed E-state index contributed by atoms with van der Waals surface area (Å²) in [6.45, 7) is 6.01. The molecular weight excluding hydrogens is 250 g/mol. The van der Waals surface area contributed by atoms with Crippen LogP contribution in [0, 0.1) is 0 Å². The third-order valence-corrected chi connectivity index (χ3v) is 3.71. The van der Waals surface area contributed by atoms with Gasteiger partial charge in [-0.3, -0.25) is 0 Å². The molecule has 1 aromatic carbocycles. The fraction of sp³-hybridized carbons (Fsp3) is 0.333. The maximum atomic E-state index is 11.6. The van der Waals surface area contributed by atoms with Crippen molar-refractivity contribution in [2.75, 3.05) is 0 Å². The predicted octanol–water partition coefficient (Wildman–Crippen LogP) is 1.57. The smallest absolute Gasteiger partial charge is 0.238 e. The van der Waals surface area contributed by atoms with Crippen molar-refractivity contribution in [3.8, 4) is 0 Å². The van der Waals surface area contributed by atoms with E-state index in [9.17, 15) is 8.42 Å². The van der Waals surface area contributed by atoms with E-state index in [1.165, 1.54) is 12.5 Å². The fourth-order valence-electron chi connectivity index (χ4n) is 1.72. The van der Waals surface area contributed by atoms with Gasteiger partial charge in [0.15, 0.2) is 0 Å². The maximum Gasteiger partial charge on any atom is 0.238 e. The van der Waals surface area contributed by atoms with Gasteiger partial charge in [-0.15, -0.1) is 0 Å². The van der Waals surface area contributed by atoms with E-state index in [1.54, 1.807) is 6.07 Å². The average molecular weight is 265 g/mol. The lowest BCUT2D eigenvalue weighted by atomic mass is 9.86. The highest BCUT2D eigenvalue weighted by molar-refractivity contribution is 7.89. The SMILES string of the molecule is CC(C)(C)c1cc(S(N)(=O)=O)c2cncnc2c1. The van der Waals surface area contributed by atoms with Crippen LogP contribution in [0.2, 0.25) is 0 Å². The fourth-order valence-corrected chi connectivity index (χ4v) is 2.48. The zero-order valence-corrected chi connectivity index (χ0v) is 11.3. The molecule has 0 unspecified atom stereocenters. The molecule has 0 aliphatic carbocycles. The van der Waals surface area contributed by atoms with Crippen molar-refractivity contribution < 1.29 is 8.42 Å². The lowest BCUT2D eigenvalue weighted by molar-refractivity contribution is 0.585. The van der Waals surface area contributed by atoms with E-state index in [0.717, 1.165) is 5.56 Å². The summed E-state index contributed by atoms with van der Waals surface area (Å²) < 4.78 is 23.3. The van der Waals surface area contributed by atoms with Gasteiger partial charge in [-0.05, 0) is 23.1 Å². The van der Waals surface area contributed by atoms with Gasteiger partial charge in [0.25, 0.3) is 0 Å². The van der Waals surface area contributed by atoms with Crippen molar-refractivity contribution in [2.24, 2.45) is 5.14 Å². The molecule has 6 heteroatoms. The Hall–Kier alpha value is -1.53. The van der Waals surface area contributed by atoms with Crippen LogP contribution in [0.1, 0.15) is 26.3 Å². The molecule has 0 spiro atoms. The van der Waals surface area contributed by atoms with E-state index < -0.39 is 10.0 Å². The minimum absolute atomic E-state index is 0.0746. The van der Waals surface area contributed by atoms with Crippen LogP contribution in [-0.2, 0) is 15.4 Å². The number of fused-ring (bicyclic) bond motifs is 1. The Kier molecular flexibility index (Phi) is 2.87.